The Morgan fingerprint density at radius 2 is 1.85 bits per heavy atom. The minimum Gasteiger partial charge on any atom is -0.506 e. The number of ether oxygens (including phenoxy) is 3. The molecule has 1 saturated carbocycles. The maximum Gasteiger partial charge on any atom is 0.200 e. The molecule has 0 aromatic heterocycles. The Morgan fingerprint density at radius 3 is 2.52 bits per heavy atom. The molecule has 0 amide bonds. The van der Waals surface area contributed by atoms with E-state index in [1.54, 1.807) is 12.1 Å². The zero-order valence-electron chi connectivity index (χ0n) is 24.5. The molecule has 1 aromatic carbocycles. The van der Waals surface area contributed by atoms with Crippen molar-refractivity contribution >= 4 is 17.6 Å². The molecule has 2 fully saturated rings. The number of nitrogens with zero attached hydrogens (tertiary/aromatic N) is 1. The first kappa shape index (κ1) is 27.3. The summed E-state index contributed by atoms with van der Waals surface area (Å²) in [7, 11) is 0. The Hall–Kier alpha value is -2.90. The number of carbonyl (C=O) groups excluding carboxylic acids is 2. The zero-order valence-corrected chi connectivity index (χ0v) is 24.5. The summed E-state index contributed by atoms with van der Waals surface area (Å²) in [5.74, 6) is -0.369. The van der Waals surface area contributed by atoms with Crippen LogP contribution in [0.4, 0.5) is 0 Å². The number of hydrogen-bond acceptors (Lipinski definition) is 7. The summed E-state index contributed by atoms with van der Waals surface area (Å²) in [6, 6.07) is 1.72. The normalized spacial score (nSPS) is 32.2. The van der Waals surface area contributed by atoms with Gasteiger partial charge >= 0.3 is 0 Å². The first-order chi connectivity index (χ1) is 19.0. The molecular formula is C33H41NO6. The van der Waals surface area contributed by atoms with Crippen LogP contribution in [-0.4, -0.2) is 64.6 Å². The number of allylic oxidation sites excluding steroid dienone is 2. The van der Waals surface area contributed by atoms with E-state index in [4.69, 9.17) is 14.2 Å². The largest absolute Gasteiger partial charge is 0.506 e. The fraction of sp³-hybridized carbons (Fsp3) is 0.576. The second kappa shape index (κ2) is 9.31. The number of hydrogen-bond donors (Lipinski definition) is 1. The molecule has 3 heterocycles. The lowest BCUT2D eigenvalue weighted by atomic mass is 9.49. The van der Waals surface area contributed by atoms with Crippen LogP contribution in [0.3, 0.4) is 0 Å². The third-order valence-corrected chi connectivity index (χ3v) is 9.44. The van der Waals surface area contributed by atoms with Gasteiger partial charge in [-0.15, -0.1) is 0 Å². The van der Waals surface area contributed by atoms with Gasteiger partial charge in [-0.2, -0.15) is 0 Å². The van der Waals surface area contributed by atoms with Crippen LogP contribution >= 0.6 is 0 Å². The van der Waals surface area contributed by atoms with Gasteiger partial charge in [0, 0.05) is 36.4 Å². The predicted molar refractivity (Wildman–Crippen MR) is 153 cm³/mol. The van der Waals surface area contributed by atoms with Crippen LogP contribution in [0.15, 0.2) is 35.4 Å². The Kier molecular flexibility index (Phi) is 6.35. The minimum absolute atomic E-state index is 0.000745. The summed E-state index contributed by atoms with van der Waals surface area (Å²) in [5, 5.41) is 11.3. The molecule has 7 rings (SSSR count). The third kappa shape index (κ3) is 3.63. The number of phenols is 1. The van der Waals surface area contributed by atoms with Gasteiger partial charge in [0.1, 0.15) is 28.4 Å². The van der Waals surface area contributed by atoms with E-state index < -0.39 is 22.7 Å². The smallest absolute Gasteiger partial charge is 0.200 e. The van der Waals surface area contributed by atoms with Crippen LogP contribution in [0.5, 0.6) is 17.2 Å². The molecule has 1 unspecified atom stereocenters. The van der Waals surface area contributed by atoms with Crippen LogP contribution in [-0.2, 0) is 9.53 Å². The van der Waals surface area contributed by atoms with Crippen LogP contribution in [0.25, 0.3) is 6.08 Å². The van der Waals surface area contributed by atoms with E-state index in [9.17, 15) is 14.7 Å². The summed E-state index contributed by atoms with van der Waals surface area (Å²) < 4.78 is 19.7. The van der Waals surface area contributed by atoms with Crippen molar-refractivity contribution in [3.8, 4) is 17.2 Å². The zero-order chi connectivity index (χ0) is 28.6. The van der Waals surface area contributed by atoms with Gasteiger partial charge in [0.25, 0.3) is 0 Å². The molecule has 0 radical (unpaired) electrons. The van der Waals surface area contributed by atoms with Gasteiger partial charge in [0.05, 0.1) is 12.2 Å². The first-order valence-electron chi connectivity index (χ1n) is 14.8. The summed E-state index contributed by atoms with van der Waals surface area (Å²) in [6.45, 7) is 15.2. The van der Waals surface area contributed by atoms with Crippen molar-refractivity contribution in [2.24, 2.45) is 17.8 Å². The summed E-state index contributed by atoms with van der Waals surface area (Å²) in [6.07, 6.45) is 9.93. The van der Waals surface area contributed by atoms with Crippen LogP contribution in [0, 0.1) is 17.8 Å². The second-order valence-corrected chi connectivity index (χ2v) is 12.9. The number of phenolic OH excluding ortho intramolecular Hbond substituents is 1. The quantitative estimate of drug-likeness (QED) is 0.430. The number of Topliss-reactive ketones (excluding diaryl/α,β-unsaturated/α-hetero) is 2. The molecule has 1 saturated heterocycles. The van der Waals surface area contributed by atoms with E-state index in [0.29, 0.717) is 29.9 Å². The molecule has 1 N–H and O–H groups in total. The molecule has 1 aromatic rings. The van der Waals surface area contributed by atoms with Crippen molar-refractivity contribution in [2.45, 2.75) is 77.6 Å². The maximum absolute atomic E-state index is 14.4. The Bertz CT molecular complexity index is 1360. The van der Waals surface area contributed by atoms with Crippen molar-refractivity contribution in [2.75, 3.05) is 26.2 Å². The fourth-order valence-electron chi connectivity index (χ4n) is 7.74. The summed E-state index contributed by atoms with van der Waals surface area (Å²) >= 11 is 0. The van der Waals surface area contributed by atoms with Crippen molar-refractivity contribution in [3.63, 3.8) is 0 Å². The molecule has 3 aliphatic heterocycles. The molecule has 7 heteroatoms. The highest BCUT2D eigenvalue weighted by molar-refractivity contribution is 6.18. The highest BCUT2D eigenvalue weighted by Gasteiger charge is 2.79. The van der Waals surface area contributed by atoms with Gasteiger partial charge in [0.2, 0.25) is 0 Å². The van der Waals surface area contributed by atoms with Crippen molar-refractivity contribution < 1.29 is 28.9 Å². The number of ketones is 2. The Labute approximate surface area is 236 Å². The Balaban J connectivity index is 1.53. The lowest BCUT2D eigenvalue weighted by Gasteiger charge is -2.58. The van der Waals surface area contributed by atoms with Gasteiger partial charge in [-0.25, -0.2) is 0 Å². The van der Waals surface area contributed by atoms with Crippen molar-refractivity contribution in [1.29, 1.82) is 0 Å². The second-order valence-electron chi connectivity index (χ2n) is 12.9. The third-order valence-electron chi connectivity index (χ3n) is 9.44. The van der Waals surface area contributed by atoms with E-state index >= 15 is 0 Å². The summed E-state index contributed by atoms with van der Waals surface area (Å²) in [5.41, 5.74) is -0.995. The number of rotatable bonds is 8. The van der Waals surface area contributed by atoms with Crippen molar-refractivity contribution in [1.82, 2.24) is 4.90 Å². The lowest BCUT2D eigenvalue weighted by molar-refractivity contribution is -0.171. The SMILES string of the molecule is CCCN(CCC)C[C@@H]1[C@H]2COC3(CC=C(C)C)C(=O)[C@@H]1C=C1C(=O)c4c(cc5c(c4O)C=CC(C)(C)O5)O[C@]123. The van der Waals surface area contributed by atoms with Gasteiger partial charge < -0.3 is 24.2 Å². The average Bonchev–Trinajstić information content (AvgIpc) is 3.16. The lowest BCUT2D eigenvalue weighted by Crippen LogP contribution is -2.74. The molecule has 6 aliphatic rings. The minimum atomic E-state index is -1.29. The highest BCUT2D eigenvalue weighted by atomic mass is 16.6. The molecule has 3 aliphatic carbocycles. The number of benzene rings is 1. The van der Waals surface area contributed by atoms with Crippen LogP contribution in [0.2, 0.25) is 0 Å². The Morgan fingerprint density at radius 1 is 1.12 bits per heavy atom. The summed E-state index contributed by atoms with van der Waals surface area (Å²) in [4.78, 5) is 31.2. The first-order valence-corrected chi connectivity index (χ1v) is 14.8. The molecular weight excluding hydrogens is 506 g/mol. The van der Waals surface area contributed by atoms with Gasteiger partial charge in [-0.1, -0.05) is 31.6 Å². The average molecular weight is 548 g/mol. The molecule has 214 valence electrons. The molecule has 7 nitrogen and oxygen atoms in total. The standard InChI is InChI=1S/C33H41NO6/c1-7-13-34(14-8-2)17-22-21-15-23-29(36)27-26(16-25-20(28(27)35)10-11-31(5,6)39-25)40-33(23)24(22)18-38-32(33,30(21)37)12-9-19(3)4/h9-11,15-16,21-22,24,35H,7-8,12-14,17-18H2,1-6H3/t21-,22+,24-,32?,33-/m1/s1. The number of aromatic hydroxyl groups is 1. The monoisotopic (exact) mass is 547 g/mol. The molecule has 5 atom stereocenters. The number of carbonyl (C=O) groups is 2. The highest BCUT2D eigenvalue weighted by Crippen LogP contribution is 2.65. The van der Waals surface area contributed by atoms with E-state index in [1.165, 1.54) is 0 Å². The van der Waals surface area contributed by atoms with Crippen LogP contribution in [0.1, 0.15) is 76.7 Å². The fourth-order valence-corrected chi connectivity index (χ4v) is 7.74. The molecule has 40 heavy (non-hydrogen) atoms. The van der Waals surface area contributed by atoms with E-state index in [-0.39, 0.29) is 40.5 Å². The topological polar surface area (TPSA) is 85.3 Å². The molecule has 4 bridgehead atoms. The predicted octanol–water partition coefficient (Wildman–Crippen LogP) is 5.51. The van der Waals surface area contributed by atoms with E-state index in [1.807, 2.05) is 45.9 Å². The van der Waals surface area contributed by atoms with Crippen molar-refractivity contribution in [3.05, 3.63) is 46.6 Å². The van der Waals surface area contributed by atoms with Gasteiger partial charge in [-0.3, -0.25) is 9.59 Å². The van der Waals surface area contributed by atoms with E-state index in [0.717, 1.165) is 38.0 Å². The molecule has 1 spiro atoms. The number of fused-ring (bicyclic) bond motifs is 2. The maximum atomic E-state index is 14.4. The van der Waals surface area contributed by atoms with Gasteiger partial charge in [0.15, 0.2) is 22.8 Å². The van der Waals surface area contributed by atoms with E-state index in [2.05, 4.69) is 18.7 Å². The van der Waals surface area contributed by atoms with Crippen LogP contribution < -0.4 is 9.47 Å². The van der Waals surface area contributed by atoms with Gasteiger partial charge in [-0.05, 0) is 71.7 Å².